The number of carbonyl (C=O) groups is 1. The van der Waals surface area contributed by atoms with Crippen LogP contribution in [0.2, 0.25) is 0 Å². The molecular formula is C24H32N4O3. The molecule has 0 bridgehead atoms. The number of aromatic nitrogens is 2. The number of amides is 1. The van der Waals surface area contributed by atoms with Gasteiger partial charge in [-0.05, 0) is 44.7 Å². The fraction of sp³-hybridized carbons (Fsp3) is 0.542. The van der Waals surface area contributed by atoms with Crippen molar-refractivity contribution in [1.29, 1.82) is 0 Å². The van der Waals surface area contributed by atoms with Gasteiger partial charge in [0.2, 0.25) is 5.91 Å². The quantitative estimate of drug-likeness (QED) is 0.759. The molecule has 1 amide bonds. The Morgan fingerprint density at radius 2 is 1.52 bits per heavy atom. The normalized spacial score (nSPS) is 18.1. The molecule has 2 saturated heterocycles. The van der Waals surface area contributed by atoms with Crippen molar-refractivity contribution in [3.8, 4) is 5.69 Å². The van der Waals surface area contributed by atoms with Gasteiger partial charge in [0, 0.05) is 39.1 Å². The van der Waals surface area contributed by atoms with Crippen LogP contribution in [0, 0.1) is 12.8 Å². The Hall–Kier alpha value is -2.83. The monoisotopic (exact) mass is 424 g/mol. The van der Waals surface area contributed by atoms with Crippen LogP contribution in [0.5, 0.6) is 0 Å². The highest BCUT2D eigenvalue weighted by molar-refractivity contribution is 5.79. The van der Waals surface area contributed by atoms with Crippen LogP contribution in [0.25, 0.3) is 5.69 Å². The van der Waals surface area contributed by atoms with Gasteiger partial charge in [-0.1, -0.05) is 31.0 Å². The number of rotatable bonds is 3. The fourth-order valence-electron chi connectivity index (χ4n) is 4.94. The molecule has 3 heterocycles. The molecule has 0 aliphatic carbocycles. The second-order valence-corrected chi connectivity index (χ2v) is 8.75. The Labute approximate surface area is 182 Å². The van der Waals surface area contributed by atoms with E-state index in [-0.39, 0.29) is 23.1 Å². The van der Waals surface area contributed by atoms with Crippen molar-refractivity contribution in [3.05, 3.63) is 56.9 Å². The van der Waals surface area contributed by atoms with Crippen molar-refractivity contribution >= 4 is 11.6 Å². The standard InChI is InChI=1S/C24H32N4O3/c1-18-21(23(30)25(2)24(31)28(18)20-10-6-5-7-11-20)26-16-12-19(13-17-26)22(29)27-14-8-3-4-9-15-27/h5-7,10-11,19H,3-4,8-9,12-17H2,1-2H3. The van der Waals surface area contributed by atoms with Crippen LogP contribution in [0.4, 0.5) is 5.69 Å². The van der Waals surface area contributed by atoms with Crippen LogP contribution < -0.4 is 16.1 Å². The second kappa shape index (κ2) is 9.12. The van der Waals surface area contributed by atoms with Gasteiger partial charge in [-0.2, -0.15) is 0 Å². The number of para-hydroxylation sites is 1. The zero-order chi connectivity index (χ0) is 22.0. The summed E-state index contributed by atoms with van der Waals surface area (Å²) in [4.78, 5) is 43.0. The zero-order valence-corrected chi connectivity index (χ0v) is 18.5. The average molecular weight is 425 g/mol. The second-order valence-electron chi connectivity index (χ2n) is 8.75. The Kier molecular flexibility index (Phi) is 6.30. The van der Waals surface area contributed by atoms with E-state index in [1.807, 2.05) is 42.2 Å². The zero-order valence-electron chi connectivity index (χ0n) is 18.5. The van der Waals surface area contributed by atoms with Crippen molar-refractivity contribution < 1.29 is 4.79 Å². The van der Waals surface area contributed by atoms with E-state index in [1.54, 1.807) is 4.57 Å². The SMILES string of the molecule is Cc1c(N2CCC(C(=O)N3CCCCCC3)CC2)c(=O)n(C)c(=O)n1-c1ccccc1. The number of benzene rings is 1. The Morgan fingerprint density at radius 3 is 2.13 bits per heavy atom. The lowest BCUT2D eigenvalue weighted by atomic mass is 9.94. The predicted octanol–water partition coefficient (Wildman–Crippen LogP) is 2.46. The lowest BCUT2D eigenvalue weighted by Gasteiger charge is -2.35. The number of likely N-dealkylation sites (tertiary alicyclic amines) is 1. The van der Waals surface area contributed by atoms with Gasteiger partial charge in [0.05, 0.1) is 11.4 Å². The van der Waals surface area contributed by atoms with E-state index >= 15 is 0 Å². The van der Waals surface area contributed by atoms with Crippen LogP contribution in [-0.4, -0.2) is 46.1 Å². The van der Waals surface area contributed by atoms with Gasteiger partial charge >= 0.3 is 5.69 Å². The Morgan fingerprint density at radius 1 is 0.903 bits per heavy atom. The summed E-state index contributed by atoms with van der Waals surface area (Å²) in [6.45, 7) is 4.88. The Balaban J connectivity index is 1.57. The molecule has 7 nitrogen and oxygen atoms in total. The summed E-state index contributed by atoms with van der Waals surface area (Å²) in [6.07, 6.45) is 6.09. The van der Waals surface area contributed by atoms with E-state index in [0.717, 1.165) is 44.5 Å². The molecule has 0 saturated carbocycles. The first-order valence-corrected chi connectivity index (χ1v) is 11.4. The summed E-state index contributed by atoms with van der Waals surface area (Å²) in [6, 6.07) is 9.40. The predicted molar refractivity (Wildman–Crippen MR) is 122 cm³/mol. The molecule has 31 heavy (non-hydrogen) atoms. The van der Waals surface area contributed by atoms with E-state index in [2.05, 4.69) is 4.90 Å². The van der Waals surface area contributed by atoms with Crippen molar-refractivity contribution in [2.45, 2.75) is 45.4 Å². The molecule has 0 radical (unpaired) electrons. The van der Waals surface area contributed by atoms with Crippen LogP contribution in [0.3, 0.4) is 0 Å². The molecule has 2 aromatic rings. The van der Waals surface area contributed by atoms with E-state index in [1.165, 1.54) is 24.5 Å². The van der Waals surface area contributed by atoms with Gasteiger partial charge < -0.3 is 9.80 Å². The third-order valence-electron chi connectivity index (χ3n) is 6.76. The first kappa shape index (κ1) is 21.4. The summed E-state index contributed by atoms with van der Waals surface area (Å²) in [5.74, 6) is 0.305. The summed E-state index contributed by atoms with van der Waals surface area (Å²) in [5, 5.41) is 0. The van der Waals surface area contributed by atoms with E-state index < -0.39 is 0 Å². The maximum absolute atomic E-state index is 13.0. The first-order valence-electron chi connectivity index (χ1n) is 11.4. The molecule has 166 valence electrons. The van der Waals surface area contributed by atoms with E-state index in [4.69, 9.17) is 0 Å². The Bertz CT molecular complexity index is 1040. The minimum atomic E-state index is -0.344. The number of hydrogen-bond acceptors (Lipinski definition) is 4. The van der Waals surface area contributed by atoms with Crippen LogP contribution >= 0.6 is 0 Å². The van der Waals surface area contributed by atoms with E-state index in [9.17, 15) is 14.4 Å². The molecule has 2 aliphatic heterocycles. The van der Waals surface area contributed by atoms with Crippen LogP contribution in [0.1, 0.15) is 44.2 Å². The minimum Gasteiger partial charge on any atom is -0.366 e. The van der Waals surface area contributed by atoms with Gasteiger partial charge in [0.1, 0.15) is 5.69 Å². The first-order chi connectivity index (χ1) is 15.0. The summed E-state index contributed by atoms with van der Waals surface area (Å²) in [5.41, 5.74) is 1.34. The molecule has 4 rings (SSSR count). The number of piperidine rings is 1. The molecule has 1 aromatic carbocycles. The average Bonchev–Trinajstić information content (AvgIpc) is 3.08. The molecule has 0 unspecified atom stereocenters. The van der Waals surface area contributed by atoms with Gasteiger partial charge in [-0.3, -0.25) is 18.7 Å². The third kappa shape index (κ3) is 4.18. The largest absolute Gasteiger partial charge is 0.366 e. The highest BCUT2D eigenvalue weighted by Gasteiger charge is 2.31. The van der Waals surface area contributed by atoms with Crippen molar-refractivity contribution in [2.75, 3.05) is 31.1 Å². The highest BCUT2D eigenvalue weighted by Crippen LogP contribution is 2.26. The molecule has 0 spiro atoms. The van der Waals surface area contributed by atoms with Gasteiger partial charge in [0.15, 0.2) is 0 Å². The maximum atomic E-state index is 13.0. The van der Waals surface area contributed by atoms with Crippen LogP contribution in [0.15, 0.2) is 39.9 Å². The summed E-state index contributed by atoms with van der Waals surface area (Å²) < 4.78 is 2.79. The summed E-state index contributed by atoms with van der Waals surface area (Å²) in [7, 11) is 1.53. The van der Waals surface area contributed by atoms with Gasteiger partial charge in [0.25, 0.3) is 5.56 Å². The molecule has 7 heteroatoms. The number of nitrogens with zero attached hydrogens (tertiary/aromatic N) is 4. The minimum absolute atomic E-state index is 0.0264. The van der Waals surface area contributed by atoms with Crippen LogP contribution in [-0.2, 0) is 11.8 Å². The summed E-state index contributed by atoms with van der Waals surface area (Å²) >= 11 is 0. The number of anilines is 1. The number of carbonyl (C=O) groups excluding carboxylic acids is 1. The smallest absolute Gasteiger partial charge is 0.335 e. The topological polar surface area (TPSA) is 67.6 Å². The third-order valence-corrected chi connectivity index (χ3v) is 6.76. The molecule has 2 aliphatic rings. The number of hydrogen-bond donors (Lipinski definition) is 0. The molecule has 2 fully saturated rings. The van der Waals surface area contributed by atoms with E-state index in [0.29, 0.717) is 24.5 Å². The molecular weight excluding hydrogens is 392 g/mol. The van der Waals surface area contributed by atoms with Crippen molar-refractivity contribution in [2.24, 2.45) is 13.0 Å². The fourth-order valence-corrected chi connectivity index (χ4v) is 4.94. The van der Waals surface area contributed by atoms with Crippen molar-refractivity contribution in [1.82, 2.24) is 14.0 Å². The lowest BCUT2D eigenvalue weighted by Crippen LogP contribution is -2.47. The highest BCUT2D eigenvalue weighted by atomic mass is 16.2. The van der Waals surface area contributed by atoms with Crippen molar-refractivity contribution in [3.63, 3.8) is 0 Å². The molecule has 1 aromatic heterocycles. The lowest BCUT2D eigenvalue weighted by molar-refractivity contribution is -0.136. The molecule has 0 atom stereocenters. The molecule has 0 N–H and O–H groups in total. The maximum Gasteiger partial charge on any atom is 0.335 e. The van der Waals surface area contributed by atoms with Gasteiger partial charge in [-0.25, -0.2) is 4.79 Å². The van der Waals surface area contributed by atoms with Gasteiger partial charge in [-0.15, -0.1) is 0 Å².